The Hall–Kier alpha value is -0.610. The molecule has 0 aromatic rings. The molecule has 1 atom stereocenters. The van der Waals surface area contributed by atoms with E-state index in [2.05, 4.69) is 24.1 Å². The van der Waals surface area contributed by atoms with E-state index in [0.717, 1.165) is 19.4 Å². The molecule has 1 amide bonds. The number of carbonyl (C=O) groups is 1. The van der Waals surface area contributed by atoms with Crippen molar-refractivity contribution in [1.29, 1.82) is 0 Å². The molecule has 17 heavy (non-hydrogen) atoms. The van der Waals surface area contributed by atoms with Crippen LogP contribution >= 0.6 is 0 Å². The van der Waals surface area contributed by atoms with Gasteiger partial charge in [0.2, 0.25) is 5.91 Å². The molecule has 4 heteroatoms. The normalized spacial score (nSPS) is 13.5. The van der Waals surface area contributed by atoms with Crippen LogP contribution in [0.25, 0.3) is 0 Å². The topological polar surface area (TPSA) is 58.4 Å². The van der Waals surface area contributed by atoms with Crippen molar-refractivity contribution in [2.45, 2.75) is 65.6 Å². The van der Waals surface area contributed by atoms with Gasteiger partial charge in [0.1, 0.15) is 0 Å². The van der Waals surface area contributed by atoms with Crippen LogP contribution in [-0.4, -0.2) is 42.0 Å². The van der Waals surface area contributed by atoms with E-state index in [1.54, 1.807) is 0 Å². The molecule has 3 N–H and O–H groups in total. The first-order chi connectivity index (χ1) is 7.97. The summed E-state index contributed by atoms with van der Waals surface area (Å²) in [6.45, 7) is 11.6. The molecule has 0 rings (SSSR count). The summed E-state index contributed by atoms with van der Waals surface area (Å²) in [6.07, 6.45) is 2.10. The molecule has 1 unspecified atom stereocenters. The molecule has 0 aromatic carbocycles. The largest absolute Gasteiger partial charge is 0.353 e. The highest BCUT2D eigenvalue weighted by atomic mass is 16.2. The summed E-state index contributed by atoms with van der Waals surface area (Å²) in [5, 5.41) is 2.96. The van der Waals surface area contributed by atoms with E-state index in [1.165, 1.54) is 0 Å². The minimum atomic E-state index is -0.106. The quantitative estimate of drug-likeness (QED) is 0.676. The minimum absolute atomic E-state index is 0.0975. The number of hydrogen-bond donors (Lipinski definition) is 2. The van der Waals surface area contributed by atoms with Crippen LogP contribution in [0.3, 0.4) is 0 Å². The van der Waals surface area contributed by atoms with Crippen molar-refractivity contribution in [2.24, 2.45) is 5.73 Å². The summed E-state index contributed by atoms with van der Waals surface area (Å²) in [4.78, 5) is 14.2. The molecule has 0 heterocycles. The Morgan fingerprint density at radius 2 is 1.76 bits per heavy atom. The molecule has 0 radical (unpaired) electrons. The first kappa shape index (κ1) is 16.4. The maximum absolute atomic E-state index is 12.0. The second kappa shape index (κ2) is 8.48. The monoisotopic (exact) mass is 243 g/mol. The highest BCUT2D eigenvalue weighted by Gasteiger charge is 2.25. The van der Waals surface area contributed by atoms with E-state index in [0.29, 0.717) is 12.6 Å². The maximum atomic E-state index is 12.0. The third kappa shape index (κ3) is 5.50. The van der Waals surface area contributed by atoms with E-state index in [1.807, 2.05) is 20.8 Å². The summed E-state index contributed by atoms with van der Waals surface area (Å²) in [5.74, 6) is 0.0975. The minimum Gasteiger partial charge on any atom is -0.353 e. The Labute approximate surface area is 106 Å². The van der Waals surface area contributed by atoms with Crippen LogP contribution in [0.15, 0.2) is 0 Å². The highest BCUT2D eigenvalue weighted by Crippen LogP contribution is 2.12. The van der Waals surface area contributed by atoms with Crippen molar-refractivity contribution in [3.05, 3.63) is 0 Å². The van der Waals surface area contributed by atoms with Gasteiger partial charge in [-0.2, -0.15) is 0 Å². The molecule has 0 fully saturated rings. The van der Waals surface area contributed by atoms with Gasteiger partial charge in [-0.3, -0.25) is 9.69 Å². The smallest absolute Gasteiger partial charge is 0.237 e. The summed E-state index contributed by atoms with van der Waals surface area (Å²) >= 11 is 0. The predicted octanol–water partition coefficient (Wildman–Crippen LogP) is 1.35. The van der Waals surface area contributed by atoms with Crippen LogP contribution in [0.5, 0.6) is 0 Å². The molecule has 0 aromatic heterocycles. The second-order valence-corrected chi connectivity index (χ2v) is 4.84. The van der Waals surface area contributed by atoms with Gasteiger partial charge in [0, 0.05) is 25.2 Å². The van der Waals surface area contributed by atoms with Crippen LogP contribution < -0.4 is 11.1 Å². The molecule has 0 spiro atoms. The van der Waals surface area contributed by atoms with Gasteiger partial charge in [0.25, 0.3) is 0 Å². The molecule has 0 bridgehead atoms. The van der Waals surface area contributed by atoms with Gasteiger partial charge in [-0.25, -0.2) is 0 Å². The third-order valence-electron chi connectivity index (χ3n) is 3.11. The number of rotatable bonds is 8. The van der Waals surface area contributed by atoms with E-state index >= 15 is 0 Å². The molecule has 0 aliphatic rings. The van der Waals surface area contributed by atoms with Crippen molar-refractivity contribution in [3.8, 4) is 0 Å². The molecule has 0 saturated carbocycles. The van der Waals surface area contributed by atoms with Gasteiger partial charge < -0.3 is 11.1 Å². The lowest BCUT2D eigenvalue weighted by atomic mass is 10.1. The van der Waals surface area contributed by atoms with Crippen LogP contribution in [0.1, 0.15) is 47.5 Å². The fourth-order valence-corrected chi connectivity index (χ4v) is 2.15. The van der Waals surface area contributed by atoms with Gasteiger partial charge in [0.15, 0.2) is 0 Å². The van der Waals surface area contributed by atoms with Crippen molar-refractivity contribution in [3.63, 3.8) is 0 Å². The Bertz CT molecular complexity index is 215. The highest BCUT2D eigenvalue weighted by molar-refractivity contribution is 5.81. The van der Waals surface area contributed by atoms with Crippen LogP contribution in [0, 0.1) is 0 Å². The molecule has 0 aliphatic carbocycles. The molecular weight excluding hydrogens is 214 g/mol. The lowest BCUT2D eigenvalue weighted by molar-refractivity contribution is -0.127. The molecule has 4 nitrogen and oxygen atoms in total. The first-order valence-corrected chi connectivity index (χ1v) is 6.74. The van der Waals surface area contributed by atoms with Gasteiger partial charge >= 0.3 is 0 Å². The van der Waals surface area contributed by atoms with Crippen molar-refractivity contribution >= 4 is 5.91 Å². The average Bonchev–Trinajstić information content (AvgIpc) is 2.27. The summed E-state index contributed by atoms with van der Waals surface area (Å²) in [6, 6.07) is 0.517. The molecule has 0 saturated heterocycles. The van der Waals surface area contributed by atoms with Crippen molar-refractivity contribution in [2.75, 3.05) is 13.1 Å². The zero-order chi connectivity index (χ0) is 13.4. The van der Waals surface area contributed by atoms with Crippen molar-refractivity contribution < 1.29 is 4.79 Å². The summed E-state index contributed by atoms with van der Waals surface area (Å²) in [5.41, 5.74) is 5.64. The van der Waals surface area contributed by atoms with E-state index in [4.69, 9.17) is 5.73 Å². The Kier molecular flexibility index (Phi) is 8.17. The second-order valence-electron chi connectivity index (χ2n) is 4.84. The number of nitrogens with one attached hydrogen (secondary N) is 1. The summed E-state index contributed by atoms with van der Waals surface area (Å²) < 4.78 is 0. The number of nitrogens with two attached hydrogens (primary N) is 1. The number of nitrogens with zero attached hydrogens (tertiary/aromatic N) is 1. The lowest BCUT2D eigenvalue weighted by Crippen LogP contribution is -2.52. The molecular formula is C13H29N3O. The van der Waals surface area contributed by atoms with Crippen LogP contribution in [-0.2, 0) is 4.79 Å². The van der Waals surface area contributed by atoms with Crippen LogP contribution in [0.4, 0.5) is 0 Å². The van der Waals surface area contributed by atoms with E-state index in [9.17, 15) is 4.79 Å². The standard InChI is InChI=1S/C13H29N3O/c1-6-12(7-2)16(9-8-14)11(5)13(17)15-10(3)4/h10-12H,6-9,14H2,1-5H3,(H,15,17). The van der Waals surface area contributed by atoms with Gasteiger partial charge in [-0.15, -0.1) is 0 Å². The third-order valence-corrected chi connectivity index (χ3v) is 3.11. The number of amides is 1. The zero-order valence-electron chi connectivity index (χ0n) is 12.0. The van der Waals surface area contributed by atoms with E-state index in [-0.39, 0.29) is 18.0 Å². The zero-order valence-corrected chi connectivity index (χ0v) is 12.0. The Morgan fingerprint density at radius 1 is 1.24 bits per heavy atom. The van der Waals surface area contributed by atoms with Crippen LogP contribution in [0.2, 0.25) is 0 Å². The Balaban J connectivity index is 4.62. The molecule has 102 valence electrons. The SMILES string of the molecule is CCC(CC)N(CCN)C(C)C(=O)NC(C)C. The lowest BCUT2D eigenvalue weighted by Gasteiger charge is -2.34. The van der Waals surface area contributed by atoms with Crippen molar-refractivity contribution in [1.82, 2.24) is 10.2 Å². The fraction of sp³-hybridized carbons (Fsp3) is 0.923. The Morgan fingerprint density at radius 3 is 2.12 bits per heavy atom. The number of hydrogen-bond acceptors (Lipinski definition) is 3. The van der Waals surface area contributed by atoms with E-state index < -0.39 is 0 Å². The van der Waals surface area contributed by atoms with Gasteiger partial charge in [-0.05, 0) is 33.6 Å². The summed E-state index contributed by atoms with van der Waals surface area (Å²) in [7, 11) is 0. The average molecular weight is 243 g/mol. The predicted molar refractivity (Wildman–Crippen MR) is 72.9 cm³/mol. The van der Waals surface area contributed by atoms with Gasteiger partial charge in [0.05, 0.1) is 6.04 Å². The number of carbonyl (C=O) groups excluding carboxylic acids is 1. The fourth-order valence-electron chi connectivity index (χ4n) is 2.15. The molecule has 0 aliphatic heterocycles. The van der Waals surface area contributed by atoms with Gasteiger partial charge in [-0.1, -0.05) is 13.8 Å². The maximum Gasteiger partial charge on any atom is 0.237 e. The first-order valence-electron chi connectivity index (χ1n) is 6.74.